The maximum atomic E-state index is 5.33. The van der Waals surface area contributed by atoms with Crippen molar-refractivity contribution in [2.45, 2.75) is 19.9 Å². The minimum absolute atomic E-state index is 0.226. The summed E-state index contributed by atoms with van der Waals surface area (Å²) >= 11 is 5.39. The van der Waals surface area contributed by atoms with Gasteiger partial charge in [-0.05, 0) is 58.0 Å². The van der Waals surface area contributed by atoms with Gasteiger partial charge in [0.2, 0.25) is 0 Å². The standard InChI is InChI=1S/C15H18BrNOS/c1-4-17-14(15-12(16)7-8-19-15)11-5-6-13(18-3)10(2)9-11/h5-9,14,17H,4H2,1-3H3. The van der Waals surface area contributed by atoms with Gasteiger partial charge in [0, 0.05) is 9.35 Å². The SMILES string of the molecule is CCNC(c1ccc(OC)c(C)c1)c1sccc1Br. The molecule has 1 atom stereocenters. The minimum Gasteiger partial charge on any atom is -0.496 e. The quantitative estimate of drug-likeness (QED) is 0.864. The number of aryl methyl sites for hydroxylation is 1. The second-order valence-corrected chi connectivity index (χ2v) is 6.15. The summed E-state index contributed by atoms with van der Waals surface area (Å²) in [7, 11) is 1.71. The van der Waals surface area contributed by atoms with E-state index in [1.807, 2.05) is 6.07 Å². The Kier molecular flexibility index (Phi) is 5.02. The van der Waals surface area contributed by atoms with Crippen LogP contribution in [0.3, 0.4) is 0 Å². The van der Waals surface area contributed by atoms with E-state index in [0.717, 1.165) is 22.3 Å². The number of rotatable bonds is 5. The van der Waals surface area contributed by atoms with Crippen LogP contribution in [0.2, 0.25) is 0 Å². The second-order valence-electron chi connectivity index (χ2n) is 4.35. The molecule has 1 unspecified atom stereocenters. The van der Waals surface area contributed by atoms with Crippen LogP contribution < -0.4 is 10.1 Å². The monoisotopic (exact) mass is 339 g/mol. The summed E-state index contributed by atoms with van der Waals surface area (Å²) in [4.78, 5) is 1.31. The third-order valence-corrected chi connectivity index (χ3v) is 5.00. The highest BCUT2D eigenvalue weighted by molar-refractivity contribution is 9.10. The molecule has 1 N–H and O–H groups in total. The Bertz CT molecular complexity index is 553. The Morgan fingerprint density at radius 3 is 2.68 bits per heavy atom. The molecule has 0 aliphatic rings. The molecule has 0 saturated heterocycles. The van der Waals surface area contributed by atoms with Gasteiger partial charge in [-0.1, -0.05) is 19.1 Å². The van der Waals surface area contributed by atoms with Crippen molar-refractivity contribution in [1.29, 1.82) is 0 Å². The lowest BCUT2D eigenvalue weighted by Crippen LogP contribution is -2.21. The number of thiophene rings is 1. The first-order valence-electron chi connectivity index (χ1n) is 6.28. The van der Waals surface area contributed by atoms with Crippen molar-refractivity contribution in [3.05, 3.63) is 50.1 Å². The summed E-state index contributed by atoms with van der Waals surface area (Å²) in [6.07, 6.45) is 0. The van der Waals surface area contributed by atoms with Crippen molar-refractivity contribution < 1.29 is 4.74 Å². The summed E-state index contributed by atoms with van der Waals surface area (Å²) < 4.78 is 6.49. The van der Waals surface area contributed by atoms with E-state index >= 15 is 0 Å². The highest BCUT2D eigenvalue weighted by Crippen LogP contribution is 2.34. The second kappa shape index (κ2) is 6.55. The van der Waals surface area contributed by atoms with Crippen LogP contribution in [0.1, 0.15) is 29.0 Å². The minimum atomic E-state index is 0.226. The molecule has 2 aromatic rings. The zero-order chi connectivity index (χ0) is 13.8. The third-order valence-electron chi connectivity index (χ3n) is 3.07. The van der Waals surface area contributed by atoms with Gasteiger partial charge in [0.1, 0.15) is 5.75 Å². The van der Waals surface area contributed by atoms with Crippen molar-refractivity contribution >= 4 is 27.3 Å². The lowest BCUT2D eigenvalue weighted by molar-refractivity contribution is 0.411. The van der Waals surface area contributed by atoms with Crippen LogP contribution in [0.4, 0.5) is 0 Å². The van der Waals surface area contributed by atoms with Gasteiger partial charge in [-0.2, -0.15) is 0 Å². The molecular formula is C15H18BrNOS. The number of hydrogen-bond donors (Lipinski definition) is 1. The van der Waals surface area contributed by atoms with Crippen molar-refractivity contribution in [2.24, 2.45) is 0 Å². The zero-order valence-corrected chi connectivity index (χ0v) is 13.8. The van der Waals surface area contributed by atoms with E-state index in [1.165, 1.54) is 10.4 Å². The molecule has 0 fully saturated rings. The van der Waals surface area contributed by atoms with Gasteiger partial charge in [-0.3, -0.25) is 0 Å². The highest BCUT2D eigenvalue weighted by atomic mass is 79.9. The number of methoxy groups -OCH3 is 1. The molecule has 0 spiro atoms. The van der Waals surface area contributed by atoms with Crippen LogP contribution in [-0.4, -0.2) is 13.7 Å². The summed E-state index contributed by atoms with van der Waals surface area (Å²) in [6, 6.07) is 8.69. The number of halogens is 1. The normalized spacial score (nSPS) is 12.4. The zero-order valence-electron chi connectivity index (χ0n) is 11.4. The van der Waals surface area contributed by atoms with Crippen LogP contribution in [0, 0.1) is 6.92 Å². The summed E-state index contributed by atoms with van der Waals surface area (Å²) in [5.41, 5.74) is 2.43. The molecule has 1 aromatic carbocycles. The largest absolute Gasteiger partial charge is 0.496 e. The number of ether oxygens (including phenoxy) is 1. The Balaban J connectivity index is 2.39. The average molecular weight is 340 g/mol. The third kappa shape index (κ3) is 3.19. The van der Waals surface area contributed by atoms with E-state index in [9.17, 15) is 0 Å². The van der Waals surface area contributed by atoms with Crippen molar-refractivity contribution in [1.82, 2.24) is 5.32 Å². The average Bonchev–Trinajstić information content (AvgIpc) is 2.82. The molecule has 102 valence electrons. The van der Waals surface area contributed by atoms with Gasteiger partial charge >= 0.3 is 0 Å². The molecule has 0 amide bonds. The number of benzene rings is 1. The van der Waals surface area contributed by atoms with E-state index < -0.39 is 0 Å². The van der Waals surface area contributed by atoms with Crippen molar-refractivity contribution in [2.75, 3.05) is 13.7 Å². The maximum absolute atomic E-state index is 5.33. The Hall–Kier alpha value is -0.840. The number of hydrogen-bond acceptors (Lipinski definition) is 3. The molecule has 1 aromatic heterocycles. The van der Waals surface area contributed by atoms with Crippen LogP contribution in [-0.2, 0) is 0 Å². The van der Waals surface area contributed by atoms with E-state index in [1.54, 1.807) is 18.4 Å². The molecule has 0 bridgehead atoms. The topological polar surface area (TPSA) is 21.3 Å². The predicted octanol–water partition coefficient (Wildman–Crippen LogP) is 4.53. The van der Waals surface area contributed by atoms with Gasteiger partial charge in [-0.15, -0.1) is 11.3 Å². The van der Waals surface area contributed by atoms with E-state index in [0.29, 0.717) is 0 Å². The van der Waals surface area contributed by atoms with Crippen LogP contribution in [0.25, 0.3) is 0 Å². The first-order valence-corrected chi connectivity index (χ1v) is 7.95. The van der Waals surface area contributed by atoms with Crippen molar-refractivity contribution in [3.8, 4) is 5.75 Å². The van der Waals surface area contributed by atoms with Gasteiger partial charge < -0.3 is 10.1 Å². The van der Waals surface area contributed by atoms with Gasteiger partial charge in [0.05, 0.1) is 13.2 Å². The Labute approximate surface area is 126 Å². The van der Waals surface area contributed by atoms with Gasteiger partial charge in [-0.25, -0.2) is 0 Å². The fourth-order valence-corrected chi connectivity index (χ4v) is 3.86. The highest BCUT2D eigenvalue weighted by Gasteiger charge is 2.17. The molecule has 4 heteroatoms. The fraction of sp³-hybridized carbons (Fsp3) is 0.333. The molecule has 19 heavy (non-hydrogen) atoms. The van der Waals surface area contributed by atoms with Gasteiger partial charge in [0.25, 0.3) is 0 Å². The first-order chi connectivity index (χ1) is 9.17. The maximum Gasteiger partial charge on any atom is 0.121 e. The lowest BCUT2D eigenvalue weighted by atomic mass is 10.0. The van der Waals surface area contributed by atoms with E-state index in [-0.39, 0.29) is 6.04 Å². The number of nitrogens with one attached hydrogen (secondary N) is 1. The molecule has 0 saturated carbocycles. The summed E-state index contributed by atoms with van der Waals surface area (Å²) in [5, 5.41) is 5.66. The molecular weight excluding hydrogens is 322 g/mol. The van der Waals surface area contributed by atoms with Gasteiger partial charge in [0.15, 0.2) is 0 Å². The lowest BCUT2D eigenvalue weighted by Gasteiger charge is -2.19. The molecule has 1 heterocycles. The summed E-state index contributed by atoms with van der Waals surface area (Å²) in [5.74, 6) is 0.934. The van der Waals surface area contributed by atoms with Crippen LogP contribution in [0.5, 0.6) is 5.75 Å². The van der Waals surface area contributed by atoms with Crippen LogP contribution >= 0.6 is 27.3 Å². The molecule has 0 aliphatic heterocycles. The molecule has 2 rings (SSSR count). The van der Waals surface area contributed by atoms with E-state index in [4.69, 9.17) is 4.74 Å². The first kappa shape index (κ1) is 14.6. The fourth-order valence-electron chi connectivity index (χ4n) is 2.16. The Morgan fingerprint density at radius 2 is 2.16 bits per heavy atom. The van der Waals surface area contributed by atoms with Crippen LogP contribution in [0.15, 0.2) is 34.1 Å². The summed E-state index contributed by atoms with van der Waals surface area (Å²) in [6.45, 7) is 5.14. The van der Waals surface area contributed by atoms with Crippen molar-refractivity contribution in [3.63, 3.8) is 0 Å². The molecule has 2 nitrogen and oxygen atoms in total. The molecule has 0 aliphatic carbocycles. The smallest absolute Gasteiger partial charge is 0.121 e. The molecule has 0 radical (unpaired) electrons. The predicted molar refractivity (Wildman–Crippen MR) is 85.3 cm³/mol. The Morgan fingerprint density at radius 1 is 1.37 bits per heavy atom. The van der Waals surface area contributed by atoms with E-state index in [2.05, 4.69) is 58.7 Å².